The number of H-pyrrole nitrogens is 1. The van der Waals surface area contributed by atoms with E-state index >= 15 is 0 Å². The van der Waals surface area contributed by atoms with E-state index in [2.05, 4.69) is 40.7 Å². The molecule has 2 fully saturated rings. The normalized spacial score (nSPS) is 16.8. The minimum atomic E-state index is -0.188. The summed E-state index contributed by atoms with van der Waals surface area (Å²) in [6.07, 6.45) is 4.39. The van der Waals surface area contributed by atoms with E-state index in [9.17, 15) is 9.59 Å². The van der Waals surface area contributed by atoms with Gasteiger partial charge in [0.15, 0.2) is 5.69 Å². The molecule has 1 amide bonds. The van der Waals surface area contributed by atoms with Crippen LogP contribution < -0.4 is 26.4 Å². The predicted octanol–water partition coefficient (Wildman–Crippen LogP) is 0.946. The first-order chi connectivity index (χ1) is 17.0. The zero-order valence-corrected chi connectivity index (χ0v) is 20.2. The van der Waals surface area contributed by atoms with Gasteiger partial charge in [0.1, 0.15) is 0 Å². The summed E-state index contributed by atoms with van der Waals surface area (Å²) in [6.45, 7) is 8.04. The van der Waals surface area contributed by atoms with Gasteiger partial charge in [-0.1, -0.05) is 6.92 Å². The number of carbonyl (C=O) groups excluding carboxylic acids is 1. The Balaban J connectivity index is 1.25. The number of aromatic nitrogens is 3. The molecule has 5 rings (SSSR count). The van der Waals surface area contributed by atoms with E-state index in [1.807, 2.05) is 31.3 Å². The molecule has 0 spiro atoms. The third kappa shape index (κ3) is 4.98. The van der Waals surface area contributed by atoms with Crippen molar-refractivity contribution < 1.29 is 4.79 Å². The van der Waals surface area contributed by atoms with Crippen LogP contribution in [0.5, 0.6) is 0 Å². The van der Waals surface area contributed by atoms with Crippen molar-refractivity contribution in [2.45, 2.75) is 25.9 Å². The Labute approximate surface area is 204 Å². The molecule has 0 aliphatic carbocycles. The molecule has 2 aliphatic rings. The molecule has 10 heteroatoms. The Morgan fingerprint density at radius 3 is 2.60 bits per heavy atom. The molecule has 4 N–H and O–H groups in total. The zero-order valence-electron chi connectivity index (χ0n) is 20.2. The van der Waals surface area contributed by atoms with E-state index in [1.54, 1.807) is 13.2 Å². The van der Waals surface area contributed by atoms with Gasteiger partial charge in [-0.3, -0.25) is 19.5 Å². The van der Waals surface area contributed by atoms with Gasteiger partial charge in [-0.25, -0.2) is 4.98 Å². The third-order valence-electron chi connectivity index (χ3n) is 6.81. The SMILES string of the molecule is CCc1cc2ncc(CN3CCN(c4cnc(C(=O)NC)c(NC5CNC5)c4)CC3)cc2[nH]c1=O. The second-order valence-corrected chi connectivity index (χ2v) is 9.19. The number of carbonyl (C=O) groups is 1. The van der Waals surface area contributed by atoms with E-state index < -0.39 is 0 Å². The van der Waals surface area contributed by atoms with Gasteiger partial charge in [0.05, 0.1) is 34.6 Å². The number of piperazine rings is 1. The largest absolute Gasteiger partial charge is 0.378 e. The molecule has 2 aliphatic heterocycles. The van der Waals surface area contributed by atoms with Crippen molar-refractivity contribution in [1.29, 1.82) is 0 Å². The second kappa shape index (κ2) is 10.0. The molecule has 0 radical (unpaired) electrons. The van der Waals surface area contributed by atoms with Crippen LogP contribution in [0.4, 0.5) is 11.4 Å². The molecule has 0 aromatic carbocycles. The van der Waals surface area contributed by atoms with E-state index in [0.29, 0.717) is 18.2 Å². The number of nitrogens with one attached hydrogen (secondary N) is 4. The summed E-state index contributed by atoms with van der Waals surface area (Å²) in [4.78, 5) is 41.2. The van der Waals surface area contributed by atoms with Crippen LogP contribution in [0, 0.1) is 0 Å². The number of amides is 1. The average molecular weight is 477 g/mol. The third-order valence-corrected chi connectivity index (χ3v) is 6.81. The number of rotatable bonds is 7. The van der Waals surface area contributed by atoms with Crippen molar-refractivity contribution in [1.82, 2.24) is 30.5 Å². The molecule has 2 saturated heterocycles. The van der Waals surface area contributed by atoms with Crippen LogP contribution in [0.25, 0.3) is 11.0 Å². The summed E-state index contributed by atoms with van der Waals surface area (Å²) >= 11 is 0. The first-order valence-electron chi connectivity index (χ1n) is 12.2. The standard InChI is InChI=1S/C25H32N8O2/c1-3-17-9-20-21(31-24(17)34)8-16(11-28-20)15-32-4-6-33(7-5-32)19-10-22(30-18-12-27-13-18)23(29-14-19)25(35)26-2/h8-11,14,18,27,30H,3-7,12-13,15H2,1-2H3,(H,26,35)(H,31,34). The second-order valence-electron chi connectivity index (χ2n) is 9.19. The van der Waals surface area contributed by atoms with Crippen LogP contribution in [0.1, 0.15) is 28.5 Å². The number of nitrogens with zero attached hydrogens (tertiary/aromatic N) is 4. The number of fused-ring (bicyclic) bond motifs is 1. The number of hydrogen-bond acceptors (Lipinski definition) is 8. The summed E-state index contributed by atoms with van der Waals surface area (Å²) in [7, 11) is 1.62. The van der Waals surface area contributed by atoms with Gasteiger partial charge < -0.3 is 25.8 Å². The fourth-order valence-electron chi connectivity index (χ4n) is 4.59. The molecule has 0 unspecified atom stereocenters. The van der Waals surface area contributed by atoms with Crippen molar-refractivity contribution in [3.8, 4) is 0 Å². The summed E-state index contributed by atoms with van der Waals surface area (Å²) in [6, 6.07) is 6.26. The summed E-state index contributed by atoms with van der Waals surface area (Å²) in [5.74, 6) is -0.188. The molecule has 0 saturated carbocycles. The van der Waals surface area contributed by atoms with E-state index in [0.717, 1.165) is 79.3 Å². The van der Waals surface area contributed by atoms with Gasteiger partial charge in [-0.2, -0.15) is 0 Å². The maximum absolute atomic E-state index is 12.3. The van der Waals surface area contributed by atoms with E-state index in [4.69, 9.17) is 0 Å². The number of hydrogen-bond donors (Lipinski definition) is 4. The summed E-state index contributed by atoms with van der Waals surface area (Å²) in [5.41, 5.74) is 5.64. The van der Waals surface area contributed by atoms with Gasteiger partial charge in [0.25, 0.3) is 11.5 Å². The maximum atomic E-state index is 12.3. The predicted molar refractivity (Wildman–Crippen MR) is 137 cm³/mol. The van der Waals surface area contributed by atoms with E-state index in [1.165, 1.54) is 0 Å². The minimum absolute atomic E-state index is 0.0361. The average Bonchev–Trinajstić information content (AvgIpc) is 2.85. The highest BCUT2D eigenvalue weighted by atomic mass is 16.1. The molecular formula is C25H32N8O2. The molecule has 0 bridgehead atoms. The highest BCUT2D eigenvalue weighted by Gasteiger charge is 2.23. The molecule has 3 aromatic rings. The number of anilines is 2. The summed E-state index contributed by atoms with van der Waals surface area (Å²) in [5, 5.41) is 9.37. The Morgan fingerprint density at radius 1 is 1.11 bits per heavy atom. The fourth-order valence-corrected chi connectivity index (χ4v) is 4.59. The van der Waals surface area contributed by atoms with E-state index in [-0.39, 0.29) is 11.5 Å². The lowest BCUT2D eigenvalue weighted by molar-refractivity contribution is 0.0959. The van der Waals surface area contributed by atoms with Crippen LogP contribution in [-0.4, -0.2) is 78.1 Å². The first kappa shape index (κ1) is 23.3. The maximum Gasteiger partial charge on any atom is 0.271 e. The fraction of sp³-hybridized carbons (Fsp3) is 0.440. The minimum Gasteiger partial charge on any atom is -0.378 e. The smallest absolute Gasteiger partial charge is 0.271 e. The molecule has 35 heavy (non-hydrogen) atoms. The van der Waals surface area contributed by atoms with Crippen LogP contribution >= 0.6 is 0 Å². The van der Waals surface area contributed by atoms with Gasteiger partial charge >= 0.3 is 0 Å². The van der Waals surface area contributed by atoms with Crippen molar-refractivity contribution >= 4 is 28.3 Å². The van der Waals surface area contributed by atoms with Crippen LogP contribution in [0.2, 0.25) is 0 Å². The highest BCUT2D eigenvalue weighted by Crippen LogP contribution is 2.24. The lowest BCUT2D eigenvalue weighted by Gasteiger charge is -2.36. The van der Waals surface area contributed by atoms with Gasteiger partial charge in [-0.05, 0) is 30.2 Å². The molecule has 3 aromatic heterocycles. The molecule has 0 atom stereocenters. The van der Waals surface area contributed by atoms with Crippen molar-refractivity contribution in [3.63, 3.8) is 0 Å². The zero-order chi connectivity index (χ0) is 24.4. The Morgan fingerprint density at radius 2 is 1.91 bits per heavy atom. The van der Waals surface area contributed by atoms with Gasteiger partial charge in [0.2, 0.25) is 0 Å². The van der Waals surface area contributed by atoms with Gasteiger partial charge in [-0.15, -0.1) is 0 Å². The Bertz CT molecular complexity index is 1280. The Kier molecular flexibility index (Phi) is 6.65. The molecule has 184 valence electrons. The Hall–Kier alpha value is -3.50. The first-order valence-corrected chi connectivity index (χ1v) is 12.2. The number of pyridine rings is 3. The highest BCUT2D eigenvalue weighted by molar-refractivity contribution is 5.98. The van der Waals surface area contributed by atoms with Crippen molar-refractivity contribution in [2.75, 3.05) is 56.5 Å². The quantitative estimate of drug-likeness (QED) is 0.398. The topological polar surface area (TPSA) is 118 Å². The number of aryl methyl sites for hydroxylation is 1. The van der Waals surface area contributed by atoms with Crippen LogP contribution in [-0.2, 0) is 13.0 Å². The lowest BCUT2D eigenvalue weighted by atomic mass is 10.1. The molecular weight excluding hydrogens is 444 g/mol. The lowest BCUT2D eigenvalue weighted by Crippen LogP contribution is -2.51. The van der Waals surface area contributed by atoms with Crippen LogP contribution in [0.15, 0.2) is 35.4 Å². The number of aromatic amines is 1. The van der Waals surface area contributed by atoms with Crippen LogP contribution in [0.3, 0.4) is 0 Å². The van der Waals surface area contributed by atoms with Crippen molar-refractivity contribution in [3.05, 3.63) is 57.8 Å². The van der Waals surface area contributed by atoms with Gasteiger partial charge in [0, 0.05) is 64.6 Å². The van der Waals surface area contributed by atoms with Crippen molar-refractivity contribution in [2.24, 2.45) is 0 Å². The summed E-state index contributed by atoms with van der Waals surface area (Å²) < 4.78 is 0. The molecule has 10 nitrogen and oxygen atoms in total. The molecule has 5 heterocycles. The monoisotopic (exact) mass is 476 g/mol.